The molecule has 0 amide bonds. The summed E-state index contributed by atoms with van der Waals surface area (Å²) in [5.74, 6) is -0.914. The van der Waals surface area contributed by atoms with Gasteiger partial charge < -0.3 is 14.2 Å². The average molecular weight is 881 g/mol. The molecule has 0 rings (SSSR count). The van der Waals surface area contributed by atoms with E-state index in [0.29, 0.717) is 19.3 Å². The fourth-order valence-corrected chi connectivity index (χ4v) is 7.55. The lowest BCUT2D eigenvalue weighted by Crippen LogP contribution is -2.30. The highest BCUT2D eigenvalue weighted by atomic mass is 16.6. The van der Waals surface area contributed by atoms with E-state index >= 15 is 0 Å². The SMILES string of the molecule is CC/C=C/C=C/C=C/CCCCCCCC(=O)OCC(COC(=O)CCCCCCC/C=C/C=C/CCCCCCCCC)OC(=O)CCCCCCCCCCCCCCCC. The summed E-state index contributed by atoms with van der Waals surface area (Å²) < 4.78 is 16.8. The van der Waals surface area contributed by atoms with E-state index in [2.05, 4.69) is 81.5 Å². The van der Waals surface area contributed by atoms with Crippen molar-refractivity contribution in [2.45, 2.75) is 271 Å². The van der Waals surface area contributed by atoms with Crippen molar-refractivity contribution in [3.05, 3.63) is 60.8 Å². The number of hydrogen-bond donors (Lipinski definition) is 0. The minimum atomic E-state index is -0.786. The molecule has 0 spiro atoms. The van der Waals surface area contributed by atoms with Crippen LogP contribution in [0.1, 0.15) is 265 Å². The van der Waals surface area contributed by atoms with E-state index in [1.807, 2.05) is 0 Å². The van der Waals surface area contributed by atoms with Crippen molar-refractivity contribution in [2.75, 3.05) is 13.2 Å². The molecule has 0 fully saturated rings. The fraction of sp³-hybridized carbons (Fsp3) is 0.772. The molecule has 0 heterocycles. The van der Waals surface area contributed by atoms with Crippen molar-refractivity contribution in [3.8, 4) is 0 Å². The molecular formula is C57H100O6. The highest BCUT2D eigenvalue weighted by Crippen LogP contribution is 2.15. The second kappa shape index (κ2) is 51.7. The van der Waals surface area contributed by atoms with Crippen LogP contribution in [0, 0.1) is 0 Å². The molecule has 0 bridgehead atoms. The molecular weight excluding hydrogens is 781 g/mol. The molecule has 6 heteroatoms. The number of carbonyl (C=O) groups is 3. The van der Waals surface area contributed by atoms with Crippen LogP contribution in [0.15, 0.2) is 60.8 Å². The number of hydrogen-bond acceptors (Lipinski definition) is 6. The second-order valence-corrected chi connectivity index (χ2v) is 17.9. The molecule has 0 aliphatic heterocycles. The standard InChI is InChI=1S/C57H100O6/c1-4-7-10-13-16-19-22-25-27-28-29-30-33-35-38-41-44-47-50-56(59)62-53-54(52-61-55(58)49-46-43-40-37-34-31-24-21-18-15-12-9-6-3)63-57(60)51-48-45-42-39-36-32-26-23-20-17-14-11-8-5-2/h9,12,15,18,21,24,27-30,54H,4-8,10-11,13-14,16-17,19-20,22-23,25-26,31-53H2,1-3H3/b12-9+,18-15+,24-21+,28-27+,30-29+. The van der Waals surface area contributed by atoms with Crippen LogP contribution in [0.5, 0.6) is 0 Å². The molecule has 0 saturated heterocycles. The quantitative estimate of drug-likeness (QED) is 0.0262. The van der Waals surface area contributed by atoms with E-state index in [1.54, 1.807) is 0 Å². The van der Waals surface area contributed by atoms with Crippen molar-refractivity contribution in [1.82, 2.24) is 0 Å². The molecule has 63 heavy (non-hydrogen) atoms. The molecule has 0 saturated carbocycles. The number of carbonyl (C=O) groups excluding carboxylic acids is 3. The Bertz CT molecular complexity index is 1150. The zero-order valence-electron chi connectivity index (χ0n) is 41.6. The summed E-state index contributed by atoms with van der Waals surface area (Å²) >= 11 is 0. The average Bonchev–Trinajstić information content (AvgIpc) is 3.28. The highest BCUT2D eigenvalue weighted by Gasteiger charge is 2.19. The predicted molar refractivity (Wildman–Crippen MR) is 270 cm³/mol. The van der Waals surface area contributed by atoms with Gasteiger partial charge in [0.05, 0.1) is 0 Å². The number of rotatable bonds is 48. The second-order valence-electron chi connectivity index (χ2n) is 17.9. The van der Waals surface area contributed by atoms with Gasteiger partial charge in [-0.15, -0.1) is 0 Å². The largest absolute Gasteiger partial charge is 0.462 e. The molecule has 0 aromatic rings. The van der Waals surface area contributed by atoms with Gasteiger partial charge in [-0.2, -0.15) is 0 Å². The number of esters is 3. The van der Waals surface area contributed by atoms with E-state index in [1.165, 1.54) is 122 Å². The van der Waals surface area contributed by atoms with E-state index in [0.717, 1.165) is 103 Å². The Balaban J connectivity index is 4.40. The minimum absolute atomic E-state index is 0.0872. The Hall–Kier alpha value is -2.89. The monoisotopic (exact) mass is 881 g/mol. The molecule has 0 radical (unpaired) electrons. The van der Waals surface area contributed by atoms with Gasteiger partial charge in [-0.1, -0.05) is 242 Å². The van der Waals surface area contributed by atoms with Crippen LogP contribution in [0.25, 0.3) is 0 Å². The van der Waals surface area contributed by atoms with Crippen molar-refractivity contribution >= 4 is 17.9 Å². The topological polar surface area (TPSA) is 78.9 Å². The highest BCUT2D eigenvalue weighted by molar-refractivity contribution is 5.71. The van der Waals surface area contributed by atoms with Gasteiger partial charge >= 0.3 is 17.9 Å². The van der Waals surface area contributed by atoms with E-state index in [-0.39, 0.29) is 31.1 Å². The van der Waals surface area contributed by atoms with Gasteiger partial charge in [0.2, 0.25) is 0 Å². The Morgan fingerprint density at radius 3 is 0.968 bits per heavy atom. The van der Waals surface area contributed by atoms with Crippen LogP contribution in [-0.4, -0.2) is 37.2 Å². The zero-order chi connectivity index (χ0) is 45.8. The van der Waals surface area contributed by atoms with Crippen LogP contribution in [-0.2, 0) is 28.6 Å². The van der Waals surface area contributed by atoms with Gasteiger partial charge in [0, 0.05) is 19.3 Å². The third-order valence-electron chi connectivity index (χ3n) is 11.6. The number of allylic oxidation sites excluding steroid dienone is 10. The fourth-order valence-electron chi connectivity index (χ4n) is 7.55. The molecule has 1 unspecified atom stereocenters. The summed E-state index contributed by atoms with van der Waals surface area (Å²) in [6.45, 7) is 6.49. The van der Waals surface area contributed by atoms with E-state index < -0.39 is 6.10 Å². The maximum Gasteiger partial charge on any atom is 0.306 e. The summed E-state index contributed by atoms with van der Waals surface area (Å²) in [6.07, 6.45) is 63.5. The Kier molecular flexibility index (Phi) is 49.4. The van der Waals surface area contributed by atoms with Crippen molar-refractivity contribution in [1.29, 1.82) is 0 Å². The van der Waals surface area contributed by atoms with Gasteiger partial charge in [0.1, 0.15) is 13.2 Å². The van der Waals surface area contributed by atoms with Crippen LogP contribution in [0.3, 0.4) is 0 Å². The van der Waals surface area contributed by atoms with Gasteiger partial charge in [-0.05, 0) is 64.2 Å². The maximum atomic E-state index is 12.8. The van der Waals surface area contributed by atoms with Crippen molar-refractivity contribution < 1.29 is 28.6 Å². The molecule has 1 atom stereocenters. The lowest BCUT2D eigenvalue weighted by atomic mass is 10.0. The molecule has 0 aliphatic carbocycles. The molecule has 0 aromatic carbocycles. The first kappa shape index (κ1) is 60.1. The Labute approximate surface area is 390 Å². The van der Waals surface area contributed by atoms with Gasteiger partial charge in [-0.25, -0.2) is 0 Å². The van der Waals surface area contributed by atoms with Crippen LogP contribution in [0.4, 0.5) is 0 Å². The first-order valence-electron chi connectivity index (χ1n) is 26.8. The van der Waals surface area contributed by atoms with Crippen LogP contribution >= 0.6 is 0 Å². The Morgan fingerprint density at radius 2 is 0.619 bits per heavy atom. The van der Waals surface area contributed by atoms with E-state index in [4.69, 9.17) is 14.2 Å². The van der Waals surface area contributed by atoms with Gasteiger partial charge in [-0.3, -0.25) is 14.4 Å². The van der Waals surface area contributed by atoms with Crippen molar-refractivity contribution in [2.24, 2.45) is 0 Å². The first-order chi connectivity index (χ1) is 31.0. The van der Waals surface area contributed by atoms with Gasteiger partial charge in [0.15, 0.2) is 6.10 Å². The normalized spacial score (nSPS) is 12.5. The predicted octanol–water partition coefficient (Wildman–Crippen LogP) is 17.6. The summed E-state index contributed by atoms with van der Waals surface area (Å²) in [7, 11) is 0. The summed E-state index contributed by atoms with van der Waals surface area (Å²) in [4.78, 5) is 38.0. The summed E-state index contributed by atoms with van der Waals surface area (Å²) in [5.41, 5.74) is 0. The van der Waals surface area contributed by atoms with E-state index in [9.17, 15) is 14.4 Å². The third kappa shape index (κ3) is 50.0. The summed E-state index contributed by atoms with van der Waals surface area (Å²) in [6, 6.07) is 0. The number of unbranched alkanes of at least 4 members (excludes halogenated alkanes) is 30. The minimum Gasteiger partial charge on any atom is -0.462 e. The van der Waals surface area contributed by atoms with Gasteiger partial charge in [0.25, 0.3) is 0 Å². The maximum absolute atomic E-state index is 12.8. The lowest BCUT2D eigenvalue weighted by molar-refractivity contribution is -0.167. The van der Waals surface area contributed by atoms with Crippen molar-refractivity contribution in [3.63, 3.8) is 0 Å². The Morgan fingerprint density at radius 1 is 0.333 bits per heavy atom. The molecule has 0 aliphatic rings. The van der Waals surface area contributed by atoms with Crippen LogP contribution < -0.4 is 0 Å². The molecule has 0 aromatic heterocycles. The smallest absolute Gasteiger partial charge is 0.306 e. The summed E-state index contributed by atoms with van der Waals surface area (Å²) in [5, 5.41) is 0. The lowest BCUT2D eigenvalue weighted by Gasteiger charge is -2.18. The van der Waals surface area contributed by atoms with Crippen LogP contribution in [0.2, 0.25) is 0 Å². The number of ether oxygens (including phenoxy) is 3. The zero-order valence-corrected chi connectivity index (χ0v) is 41.6. The third-order valence-corrected chi connectivity index (χ3v) is 11.6. The molecule has 364 valence electrons. The molecule has 0 N–H and O–H groups in total. The first-order valence-corrected chi connectivity index (χ1v) is 26.8. The molecule has 6 nitrogen and oxygen atoms in total.